The van der Waals surface area contributed by atoms with Crippen molar-refractivity contribution in [3.8, 4) is 11.5 Å². The molecule has 1 heterocycles. The molecule has 2 aromatic carbocycles. The lowest BCUT2D eigenvalue weighted by molar-refractivity contribution is -0.872. The molecule has 0 saturated heterocycles. The van der Waals surface area contributed by atoms with Crippen LogP contribution in [-0.2, 0) is 6.54 Å². The van der Waals surface area contributed by atoms with E-state index in [2.05, 4.69) is 0 Å². The molecule has 0 bridgehead atoms. The van der Waals surface area contributed by atoms with Gasteiger partial charge in [-0.1, -0.05) is 42.5 Å². The van der Waals surface area contributed by atoms with Gasteiger partial charge < -0.3 is 14.7 Å². The Hall–Kier alpha value is -2.85. The normalized spacial score (nSPS) is 15.3. The number of aromatic hydroxyl groups is 1. The van der Waals surface area contributed by atoms with Gasteiger partial charge in [-0.15, -0.1) is 0 Å². The lowest BCUT2D eigenvalue weighted by Gasteiger charge is -2.11. The topological polar surface area (TPSA) is 51.0 Å². The van der Waals surface area contributed by atoms with E-state index in [-0.39, 0.29) is 17.3 Å². The molecule has 0 spiro atoms. The van der Waals surface area contributed by atoms with Gasteiger partial charge in [-0.25, -0.2) is 0 Å². The van der Waals surface area contributed by atoms with Crippen molar-refractivity contribution in [3.63, 3.8) is 0 Å². The van der Waals surface area contributed by atoms with Gasteiger partial charge in [0.15, 0.2) is 11.5 Å². The third-order valence-electron chi connectivity index (χ3n) is 3.78. The van der Waals surface area contributed by atoms with Crippen molar-refractivity contribution in [2.75, 3.05) is 14.1 Å². The molecule has 0 atom stereocenters. The lowest BCUT2D eigenvalue weighted by Crippen LogP contribution is -3.04. The lowest BCUT2D eigenvalue weighted by atomic mass is 10.0. The molecular formula is C20H20NO3+. The van der Waals surface area contributed by atoms with Crippen molar-refractivity contribution >= 4 is 11.9 Å². The van der Waals surface area contributed by atoms with E-state index in [0.29, 0.717) is 23.4 Å². The Morgan fingerprint density at radius 2 is 1.88 bits per heavy atom. The molecule has 1 aliphatic heterocycles. The summed E-state index contributed by atoms with van der Waals surface area (Å²) in [5.41, 5.74) is 2.21. The molecule has 4 heteroatoms. The van der Waals surface area contributed by atoms with Crippen LogP contribution in [-0.4, -0.2) is 25.0 Å². The highest BCUT2D eigenvalue weighted by Gasteiger charge is 2.31. The first kappa shape index (κ1) is 16.0. The van der Waals surface area contributed by atoms with Crippen LogP contribution in [0.3, 0.4) is 0 Å². The Morgan fingerprint density at radius 3 is 2.58 bits per heavy atom. The number of phenolic OH excluding ortho intramolecular Hbond substituents is 1. The number of benzene rings is 2. The number of rotatable bonds is 4. The summed E-state index contributed by atoms with van der Waals surface area (Å²) in [5, 5.41) is 10.1. The zero-order valence-electron chi connectivity index (χ0n) is 13.7. The number of carbonyl (C=O) groups is 1. The second-order valence-electron chi connectivity index (χ2n) is 6.06. The molecule has 0 saturated carbocycles. The largest absolute Gasteiger partial charge is 0.507 e. The third kappa shape index (κ3) is 3.24. The molecule has 0 aromatic heterocycles. The van der Waals surface area contributed by atoms with E-state index in [1.54, 1.807) is 24.3 Å². The molecule has 122 valence electrons. The number of allylic oxidation sites excluding steroid dienone is 3. The summed E-state index contributed by atoms with van der Waals surface area (Å²) in [6.45, 7) is 0.579. The Morgan fingerprint density at radius 1 is 1.12 bits per heavy atom. The molecule has 2 aromatic rings. The fourth-order valence-electron chi connectivity index (χ4n) is 2.65. The van der Waals surface area contributed by atoms with Gasteiger partial charge in [-0.2, -0.15) is 0 Å². The second-order valence-corrected chi connectivity index (χ2v) is 6.06. The Kier molecular flexibility index (Phi) is 4.49. The molecular weight excluding hydrogens is 302 g/mol. The Labute approximate surface area is 141 Å². The summed E-state index contributed by atoms with van der Waals surface area (Å²) in [6.07, 6.45) is 5.37. The average Bonchev–Trinajstić information content (AvgIpc) is 2.88. The van der Waals surface area contributed by atoms with Crippen LogP contribution in [0.4, 0.5) is 0 Å². The van der Waals surface area contributed by atoms with E-state index >= 15 is 0 Å². The number of nitrogens with one attached hydrogen (secondary N) is 1. The molecule has 2 N–H and O–H groups in total. The van der Waals surface area contributed by atoms with Crippen molar-refractivity contribution in [1.29, 1.82) is 0 Å². The monoisotopic (exact) mass is 322 g/mol. The van der Waals surface area contributed by atoms with Crippen LogP contribution in [0.15, 0.2) is 60.4 Å². The molecule has 3 rings (SSSR count). The summed E-state index contributed by atoms with van der Waals surface area (Å²) >= 11 is 0. The van der Waals surface area contributed by atoms with Crippen molar-refractivity contribution in [2.24, 2.45) is 0 Å². The minimum atomic E-state index is -0.155. The smallest absolute Gasteiger partial charge is 0.231 e. The van der Waals surface area contributed by atoms with E-state index in [4.69, 9.17) is 4.74 Å². The molecule has 4 nitrogen and oxygen atoms in total. The number of carbonyl (C=O) groups excluding carboxylic acids is 1. The maximum atomic E-state index is 12.5. The van der Waals surface area contributed by atoms with Crippen LogP contribution in [0, 0.1) is 0 Å². The Bertz CT molecular complexity index is 820. The van der Waals surface area contributed by atoms with Crippen molar-refractivity contribution in [3.05, 3.63) is 77.1 Å². The molecule has 0 aliphatic carbocycles. The van der Waals surface area contributed by atoms with E-state index in [0.717, 1.165) is 10.5 Å². The molecule has 24 heavy (non-hydrogen) atoms. The van der Waals surface area contributed by atoms with Gasteiger partial charge in [0.05, 0.1) is 25.2 Å². The summed E-state index contributed by atoms with van der Waals surface area (Å²) in [5.74, 6) is 0.750. The minimum absolute atomic E-state index is 0.155. The highest BCUT2D eigenvalue weighted by Crippen LogP contribution is 2.38. The predicted molar refractivity (Wildman–Crippen MR) is 93.1 cm³/mol. The molecule has 1 aliphatic rings. The first-order valence-corrected chi connectivity index (χ1v) is 7.86. The summed E-state index contributed by atoms with van der Waals surface area (Å²) in [7, 11) is 3.96. The van der Waals surface area contributed by atoms with Gasteiger partial charge >= 0.3 is 0 Å². The summed E-state index contributed by atoms with van der Waals surface area (Å²) in [4.78, 5) is 13.6. The van der Waals surface area contributed by atoms with E-state index in [1.165, 1.54) is 0 Å². The molecule has 0 fully saturated rings. The fourth-order valence-corrected chi connectivity index (χ4v) is 2.65. The number of quaternary nitrogens is 1. The quantitative estimate of drug-likeness (QED) is 0.849. The van der Waals surface area contributed by atoms with Crippen LogP contribution in [0.2, 0.25) is 0 Å². The SMILES string of the molecule is C[NH+](C)Cc1c(O)ccc2c1O/C(=C\C=C\c1ccccc1)C2=O. The fraction of sp³-hybridized carbons (Fsp3) is 0.150. The van der Waals surface area contributed by atoms with Gasteiger partial charge in [0.1, 0.15) is 12.3 Å². The van der Waals surface area contributed by atoms with Gasteiger partial charge in [0.25, 0.3) is 0 Å². The van der Waals surface area contributed by atoms with E-state index in [1.807, 2.05) is 50.5 Å². The summed E-state index contributed by atoms with van der Waals surface area (Å²) in [6, 6.07) is 13.0. The predicted octanol–water partition coefficient (Wildman–Crippen LogP) is 2.21. The van der Waals surface area contributed by atoms with Crippen molar-refractivity contribution < 1.29 is 19.5 Å². The first-order valence-electron chi connectivity index (χ1n) is 7.86. The van der Waals surface area contributed by atoms with Crippen molar-refractivity contribution in [2.45, 2.75) is 6.54 Å². The zero-order chi connectivity index (χ0) is 17.1. The molecule has 0 amide bonds. The van der Waals surface area contributed by atoms with Gasteiger partial charge in [-0.05, 0) is 23.8 Å². The zero-order valence-corrected chi connectivity index (χ0v) is 13.7. The van der Waals surface area contributed by atoms with Crippen LogP contribution >= 0.6 is 0 Å². The van der Waals surface area contributed by atoms with Crippen LogP contribution < -0.4 is 9.64 Å². The number of Topliss-reactive ketones (excluding diaryl/α,β-unsaturated/α-hetero) is 1. The van der Waals surface area contributed by atoms with Crippen molar-refractivity contribution in [1.82, 2.24) is 0 Å². The van der Waals surface area contributed by atoms with Crippen LogP contribution in [0.25, 0.3) is 6.08 Å². The highest BCUT2D eigenvalue weighted by atomic mass is 16.5. The van der Waals surface area contributed by atoms with Gasteiger partial charge in [-0.3, -0.25) is 4.79 Å². The number of ketones is 1. The van der Waals surface area contributed by atoms with E-state index in [9.17, 15) is 9.90 Å². The number of hydrogen-bond acceptors (Lipinski definition) is 3. The van der Waals surface area contributed by atoms with E-state index < -0.39 is 0 Å². The van der Waals surface area contributed by atoms with Crippen LogP contribution in [0.1, 0.15) is 21.5 Å². The van der Waals surface area contributed by atoms with Crippen LogP contribution in [0.5, 0.6) is 11.5 Å². The number of fused-ring (bicyclic) bond motifs is 1. The highest BCUT2D eigenvalue weighted by molar-refractivity contribution is 6.12. The van der Waals surface area contributed by atoms with Gasteiger partial charge in [0.2, 0.25) is 5.78 Å². The summed E-state index contributed by atoms with van der Waals surface area (Å²) < 4.78 is 5.76. The number of ether oxygens (including phenoxy) is 1. The maximum Gasteiger partial charge on any atom is 0.231 e. The average molecular weight is 322 g/mol. The standard InChI is InChI=1S/C20H19NO3/c1-21(2)13-16-17(22)12-11-15-19(23)18(24-20(15)16)10-6-9-14-7-4-3-5-8-14/h3-12,22H,13H2,1-2H3/p+1/b9-6+,18-10-. The number of hydrogen-bond donors (Lipinski definition) is 2. The molecule has 0 unspecified atom stereocenters. The molecule has 0 radical (unpaired) electrons. The third-order valence-corrected chi connectivity index (χ3v) is 3.78. The maximum absolute atomic E-state index is 12.5. The first-order chi connectivity index (χ1) is 11.6. The van der Waals surface area contributed by atoms with Gasteiger partial charge in [0, 0.05) is 0 Å². The minimum Gasteiger partial charge on any atom is -0.507 e. The second kappa shape index (κ2) is 6.72. The Balaban J connectivity index is 1.88. The number of phenols is 1.